The SMILES string of the molecule is CCCOC(=O)Cn1c(=O)oc2cc(CO)ccc21. The summed E-state index contributed by atoms with van der Waals surface area (Å²) in [5.41, 5.74) is 1.50. The van der Waals surface area contributed by atoms with Gasteiger partial charge in [0.2, 0.25) is 0 Å². The average Bonchev–Trinajstić information content (AvgIpc) is 2.72. The van der Waals surface area contributed by atoms with E-state index in [4.69, 9.17) is 14.3 Å². The maximum atomic E-state index is 11.7. The zero-order chi connectivity index (χ0) is 13.8. The fourth-order valence-corrected chi connectivity index (χ4v) is 1.75. The highest BCUT2D eigenvalue weighted by molar-refractivity contribution is 5.77. The molecule has 0 spiro atoms. The Morgan fingerprint density at radius 3 is 2.95 bits per heavy atom. The number of fused-ring (bicyclic) bond motifs is 1. The summed E-state index contributed by atoms with van der Waals surface area (Å²) >= 11 is 0. The predicted octanol–water partition coefficient (Wildman–Crippen LogP) is 1.04. The molecule has 0 aliphatic carbocycles. The summed E-state index contributed by atoms with van der Waals surface area (Å²) in [6, 6.07) is 4.88. The number of benzene rings is 1. The maximum absolute atomic E-state index is 11.7. The standard InChI is InChI=1S/C13H15NO5/c1-2-5-18-12(16)7-14-10-4-3-9(8-15)6-11(10)19-13(14)17/h3-4,6,15H,2,5,7-8H2,1H3. The first-order valence-corrected chi connectivity index (χ1v) is 6.04. The van der Waals surface area contributed by atoms with Crippen molar-refractivity contribution in [1.82, 2.24) is 4.57 Å². The van der Waals surface area contributed by atoms with Gasteiger partial charge in [-0.1, -0.05) is 13.0 Å². The number of carbonyl (C=O) groups excluding carboxylic acids is 1. The molecular weight excluding hydrogens is 250 g/mol. The van der Waals surface area contributed by atoms with Gasteiger partial charge in [-0.05, 0) is 24.1 Å². The van der Waals surface area contributed by atoms with Crippen molar-refractivity contribution >= 4 is 17.1 Å². The van der Waals surface area contributed by atoms with Crippen LogP contribution in [0.25, 0.3) is 11.1 Å². The fourth-order valence-electron chi connectivity index (χ4n) is 1.75. The lowest BCUT2D eigenvalue weighted by molar-refractivity contribution is -0.144. The topological polar surface area (TPSA) is 81.7 Å². The Bertz CT molecular complexity index is 640. The molecule has 0 aliphatic rings. The third-order valence-electron chi connectivity index (χ3n) is 2.67. The summed E-state index contributed by atoms with van der Waals surface area (Å²) in [5.74, 6) is -1.09. The van der Waals surface area contributed by atoms with Crippen molar-refractivity contribution in [3.8, 4) is 0 Å². The van der Waals surface area contributed by atoms with Gasteiger partial charge in [0.25, 0.3) is 0 Å². The number of aromatic nitrogens is 1. The second kappa shape index (κ2) is 5.71. The number of carbonyl (C=O) groups is 1. The van der Waals surface area contributed by atoms with Crippen molar-refractivity contribution < 1.29 is 19.1 Å². The molecule has 0 unspecified atom stereocenters. The van der Waals surface area contributed by atoms with Gasteiger partial charge in [0.15, 0.2) is 5.58 Å². The number of ether oxygens (including phenoxy) is 1. The molecule has 0 atom stereocenters. The van der Waals surface area contributed by atoms with E-state index in [9.17, 15) is 9.59 Å². The first-order valence-electron chi connectivity index (χ1n) is 6.04. The molecule has 0 saturated carbocycles. The van der Waals surface area contributed by atoms with Crippen LogP contribution in [0.4, 0.5) is 0 Å². The van der Waals surface area contributed by atoms with Crippen LogP contribution in [0.5, 0.6) is 0 Å². The van der Waals surface area contributed by atoms with Crippen molar-refractivity contribution in [2.45, 2.75) is 26.5 Å². The molecule has 0 bridgehead atoms. The van der Waals surface area contributed by atoms with Crippen molar-refractivity contribution in [1.29, 1.82) is 0 Å². The summed E-state index contributed by atoms with van der Waals surface area (Å²) in [6.07, 6.45) is 0.729. The molecule has 0 radical (unpaired) electrons. The van der Waals surface area contributed by atoms with E-state index >= 15 is 0 Å². The first kappa shape index (κ1) is 13.4. The minimum atomic E-state index is -0.612. The fraction of sp³-hybridized carbons (Fsp3) is 0.385. The summed E-state index contributed by atoms with van der Waals surface area (Å²) in [5, 5.41) is 9.01. The van der Waals surface area contributed by atoms with Crippen LogP contribution in [0.3, 0.4) is 0 Å². The molecule has 2 rings (SSSR count). The zero-order valence-corrected chi connectivity index (χ0v) is 10.6. The van der Waals surface area contributed by atoms with E-state index in [0.29, 0.717) is 23.3 Å². The summed E-state index contributed by atoms with van der Waals surface area (Å²) in [7, 11) is 0. The molecule has 2 aromatic rings. The number of hydrogen-bond acceptors (Lipinski definition) is 5. The van der Waals surface area contributed by atoms with Crippen LogP contribution >= 0.6 is 0 Å². The molecule has 1 aromatic carbocycles. The number of oxazole rings is 1. The number of aliphatic hydroxyl groups excluding tert-OH is 1. The van der Waals surface area contributed by atoms with E-state index in [1.807, 2.05) is 6.92 Å². The van der Waals surface area contributed by atoms with E-state index in [2.05, 4.69) is 0 Å². The molecule has 0 saturated heterocycles. The van der Waals surface area contributed by atoms with Crippen LogP contribution in [0.15, 0.2) is 27.4 Å². The number of nitrogens with zero attached hydrogens (tertiary/aromatic N) is 1. The highest BCUT2D eigenvalue weighted by atomic mass is 16.5. The van der Waals surface area contributed by atoms with Gasteiger partial charge in [-0.3, -0.25) is 9.36 Å². The Kier molecular flexibility index (Phi) is 4.01. The number of hydrogen-bond donors (Lipinski definition) is 1. The zero-order valence-electron chi connectivity index (χ0n) is 10.6. The van der Waals surface area contributed by atoms with Crippen molar-refractivity contribution in [2.24, 2.45) is 0 Å². The summed E-state index contributed by atoms with van der Waals surface area (Å²) in [6.45, 7) is 1.91. The van der Waals surface area contributed by atoms with E-state index in [-0.39, 0.29) is 13.2 Å². The van der Waals surface area contributed by atoms with Gasteiger partial charge in [-0.2, -0.15) is 0 Å². The normalized spacial score (nSPS) is 10.8. The lowest BCUT2D eigenvalue weighted by atomic mass is 10.2. The van der Waals surface area contributed by atoms with Crippen molar-refractivity contribution in [3.05, 3.63) is 34.3 Å². The van der Waals surface area contributed by atoms with E-state index in [1.54, 1.807) is 18.2 Å². The average molecular weight is 265 g/mol. The van der Waals surface area contributed by atoms with Gasteiger partial charge in [-0.25, -0.2) is 4.79 Å². The minimum Gasteiger partial charge on any atom is -0.464 e. The van der Waals surface area contributed by atoms with Gasteiger partial charge >= 0.3 is 11.7 Å². The molecular formula is C13H15NO5. The van der Waals surface area contributed by atoms with E-state index < -0.39 is 11.7 Å². The number of esters is 1. The Labute approximate surface area is 109 Å². The van der Waals surface area contributed by atoms with Gasteiger partial charge in [0, 0.05) is 0 Å². The molecule has 19 heavy (non-hydrogen) atoms. The van der Waals surface area contributed by atoms with Gasteiger partial charge < -0.3 is 14.3 Å². The Hall–Kier alpha value is -2.08. The predicted molar refractivity (Wildman–Crippen MR) is 67.6 cm³/mol. The van der Waals surface area contributed by atoms with Crippen LogP contribution in [0.1, 0.15) is 18.9 Å². The molecule has 0 fully saturated rings. The second-order valence-electron chi connectivity index (χ2n) is 4.13. The van der Waals surface area contributed by atoms with Gasteiger partial charge in [0.1, 0.15) is 6.54 Å². The number of aliphatic hydroxyl groups is 1. The van der Waals surface area contributed by atoms with E-state index in [1.165, 1.54) is 4.57 Å². The van der Waals surface area contributed by atoms with E-state index in [0.717, 1.165) is 6.42 Å². The highest BCUT2D eigenvalue weighted by Crippen LogP contribution is 2.15. The summed E-state index contributed by atoms with van der Waals surface area (Å²) in [4.78, 5) is 23.2. The largest absolute Gasteiger partial charge is 0.464 e. The van der Waals surface area contributed by atoms with Crippen LogP contribution < -0.4 is 5.76 Å². The maximum Gasteiger partial charge on any atom is 0.420 e. The first-order chi connectivity index (χ1) is 9.15. The molecule has 6 nitrogen and oxygen atoms in total. The molecule has 1 aromatic heterocycles. The van der Waals surface area contributed by atoms with Crippen molar-refractivity contribution in [3.63, 3.8) is 0 Å². The third-order valence-corrected chi connectivity index (χ3v) is 2.67. The van der Waals surface area contributed by atoms with Gasteiger partial charge in [0.05, 0.1) is 18.7 Å². The molecule has 0 aliphatic heterocycles. The smallest absolute Gasteiger partial charge is 0.420 e. The second-order valence-corrected chi connectivity index (χ2v) is 4.13. The minimum absolute atomic E-state index is 0.136. The Morgan fingerprint density at radius 1 is 1.47 bits per heavy atom. The molecule has 1 heterocycles. The van der Waals surface area contributed by atoms with Crippen molar-refractivity contribution in [2.75, 3.05) is 6.61 Å². The lowest BCUT2D eigenvalue weighted by Crippen LogP contribution is -2.21. The molecule has 0 amide bonds. The highest BCUT2D eigenvalue weighted by Gasteiger charge is 2.13. The Morgan fingerprint density at radius 2 is 2.26 bits per heavy atom. The van der Waals surface area contributed by atoms with Crippen LogP contribution in [0.2, 0.25) is 0 Å². The lowest BCUT2D eigenvalue weighted by Gasteiger charge is -2.03. The molecule has 6 heteroatoms. The monoisotopic (exact) mass is 265 g/mol. The van der Waals surface area contributed by atoms with Crippen LogP contribution in [-0.4, -0.2) is 22.2 Å². The third kappa shape index (κ3) is 2.85. The number of rotatable bonds is 5. The van der Waals surface area contributed by atoms with Crippen LogP contribution in [-0.2, 0) is 22.7 Å². The molecule has 102 valence electrons. The molecule has 1 N–H and O–H groups in total. The Balaban J connectivity index is 2.30. The summed E-state index contributed by atoms with van der Waals surface area (Å²) < 4.78 is 11.2. The van der Waals surface area contributed by atoms with Gasteiger partial charge in [-0.15, -0.1) is 0 Å². The van der Waals surface area contributed by atoms with Crippen LogP contribution in [0, 0.1) is 0 Å². The quantitative estimate of drug-likeness (QED) is 0.817.